The average molecular weight is 274 g/mol. The molecule has 1 heterocycles. The third-order valence-corrected chi connectivity index (χ3v) is 4.91. The van der Waals surface area contributed by atoms with Crippen LogP contribution >= 0.6 is 11.5 Å². The second-order valence-corrected chi connectivity index (χ2v) is 5.67. The van der Waals surface area contributed by atoms with Crippen molar-refractivity contribution in [1.82, 2.24) is 8.68 Å². The largest absolute Gasteiger partial charge is 0.479 e. The molecule has 0 aromatic carbocycles. The standard InChI is InChI=1S/C10H14N2O3S2/c1-4-6-7-12(5-2)17(13,14)9-8-16-11-10(9)15-3/h1,8H,5-7H2,2-3H3. The van der Waals surface area contributed by atoms with Gasteiger partial charge in [-0.1, -0.05) is 6.92 Å². The van der Waals surface area contributed by atoms with Crippen molar-refractivity contribution in [2.45, 2.75) is 18.2 Å². The number of nitrogens with zero attached hydrogens (tertiary/aromatic N) is 2. The van der Waals surface area contributed by atoms with Gasteiger partial charge in [-0.05, 0) is 11.5 Å². The zero-order valence-electron chi connectivity index (χ0n) is 9.71. The van der Waals surface area contributed by atoms with E-state index in [1.165, 1.54) is 16.8 Å². The lowest BCUT2D eigenvalue weighted by molar-refractivity contribution is 0.384. The summed E-state index contributed by atoms with van der Waals surface area (Å²) in [4.78, 5) is 0.101. The first-order valence-corrected chi connectivity index (χ1v) is 7.27. The van der Waals surface area contributed by atoms with Crippen LogP contribution in [0.5, 0.6) is 5.88 Å². The summed E-state index contributed by atoms with van der Waals surface area (Å²) in [5, 5.41) is 1.46. The summed E-state index contributed by atoms with van der Waals surface area (Å²) in [5.41, 5.74) is 0. The molecular weight excluding hydrogens is 260 g/mol. The van der Waals surface area contributed by atoms with Crippen LogP contribution in [0, 0.1) is 12.3 Å². The lowest BCUT2D eigenvalue weighted by Crippen LogP contribution is -2.31. The molecule has 0 N–H and O–H groups in total. The number of rotatable bonds is 6. The third-order valence-electron chi connectivity index (χ3n) is 2.18. The van der Waals surface area contributed by atoms with Crippen LogP contribution in [-0.2, 0) is 10.0 Å². The van der Waals surface area contributed by atoms with Gasteiger partial charge in [0.15, 0.2) is 4.90 Å². The molecule has 0 amide bonds. The van der Waals surface area contributed by atoms with Crippen LogP contribution in [0.3, 0.4) is 0 Å². The zero-order valence-corrected chi connectivity index (χ0v) is 11.3. The van der Waals surface area contributed by atoms with Crippen molar-refractivity contribution in [3.05, 3.63) is 5.38 Å². The Kier molecular flexibility index (Phi) is 4.93. The highest BCUT2D eigenvalue weighted by atomic mass is 32.2. The van der Waals surface area contributed by atoms with Crippen molar-refractivity contribution in [3.8, 4) is 18.2 Å². The smallest absolute Gasteiger partial charge is 0.249 e. The molecular formula is C10H14N2O3S2. The maximum absolute atomic E-state index is 12.3. The molecule has 0 radical (unpaired) electrons. The van der Waals surface area contributed by atoms with Crippen LogP contribution in [0.25, 0.3) is 0 Å². The van der Waals surface area contributed by atoms with Crippen molar-refractivity contribution in [1.29, 1.82) is 0 Å². The van der Waals surface area contributed by atoms with Crippen LogP contribution in [0.1, 0.15) is 13.3 Å². The van der Waals surface area contributed by atoms with Gasteiger partial charge in [-0.2, -0.15) is 8.68 Å². The number of hydrogen-bond acceptors (Lipinski definition) is 5. The molecule has 1 aromatic heterocycles. The Morgan fingerprint density at radius 1 is 1.65 bits per heavy atom. The Bertz CT molecular complexity index is 502. The molecule has 0 atom stereocenters. The van der Waals surface area contributed by atoms with Gasteiger partial charge < -0.3 is 4.74 Å². The highest BCUT2D eigenvalue weighted by Crippen LogP contribution is 2.27. The van der Waals surface area contributed by atoms with E-state index in [0.29, 0.717) is 19.5 Å². The molecule has 94 valence electrons. The summed E-state index contributed by atoms with van der Waals surface area (Å²) < 4.78 is 34.6. The summed E-state index contributed by atoms with van der Waals surface area (Å²) in [6.07, 6.45) is 5.52. The van der Waals surface area contributed by atoms with Crippen molar-refractivity contribution >= 4 is 21.6 Å². The maximum atomic E-state index is 12.3. The lowest BCUT2D eigenvalue weighted by Gasteiger charge is -2.18. The first-order chi connectivity index (χ1) is 8.07. The van der Waals surface area contributed by atoms with Crippen LogP contribution in [0.4, 0.5) is 0 Å². The number of aromatic nitrogens is 1. The van der Waals surface area contributed by atoms with E-state index in [2.05, 4.69) is 10.3 Å². The predicted octanol–water partition coefficient (Wildman–Crippen LogP) is 1.19. The highest BCUT2D eigenvalue weighted by molar-refractivity contribution is 7.89. The van der Waals surface area contributed by atoms with Crippen LogP contribution in [0.2, 0.25) is 0 Å². The summed E-state index contributed by atoms with van der Waals surface area (Å²) >= 11 is 1.05. The number of methoxy groups -OCH3 is 1. The van der Waals surface area contributed by atoms with Gasteiger partial charge in [-0.3, -0.25) is 0 Å². The van der Waals surface area contributed by atoms with Crippen molar-refractivity contribution in [2.75, 3.05) is 20.2 Å². The van der Waals surface area contributed by atoms with E-state index in [-0.39, 0.29) is 10.8 Å². The molecule has 0 bridgehead atoms. The molecule has 17 heavy (non-hydrogen) atoms. The number of hydrogen-bond donors (Lipinski definition) is 0. The molecule has 0 aliphatic rings. The van der Waals surface area contributed by atoms with Gasteiger partial charge in [-0.25, -0.2) is 8.42 Å². The normalized spacial score (nSPS) is 11.4. The number of ether oxygens (including phenoxy) is 1. The molecule has 0 saturated heterocycles. The topological polar surface area (TPSA) is 59.5 Å². The van der Waals surface area contributed by atoms with Gasteiger partial charge in [0.25, 0.3) is 0 Å². The Labute approximate surface area is 106 Å². The van der Waals surface area contributed by atoms with E-state index in [0.717, 1.165) is 11.5 Å². The Morgan fingerprint density at radius 3 is 2.88 bits per heavy atom. The molecule has 0 aliphatic heterocycles. The van der Waals surface area contributed by atoms with E-state index < -0.39 is 10.0 Å². The zero-order chi connectivity index (χ0) is 12.9. The fourth-order valence-corrected chi connectivity index (χ4v) is 3.79. The van der Waals surface area contributed by atoms with E-state index in [9.17, 15) is 8.42 Å². The first-order valence-electron chi connectivity index (χ1n) is 4.99. The second kappa shape index (κ2) is 6.00. The first kappa shape index (κ1) is 14.0. The summed E-state index contributed by atoms with van der Waals surface area (Å²) in [6, 6.07) is 0. The van der Waals surface area contributed by atoms with Gasteiger partial charge >= 0.3 is 0 Å². The van der Waals surface area contributed by atoms with Gasteiger partial charge in [0.1, 0.15) is 0 Å². The average Bonchev–Trinajstić information content (AvgIpc) is 2.78. The van der Waals surface area contributed by atoms with E-state index in [4.69, 9.17) is 11.2 Å². The van der Waals surface area contributed by atoms with Crippen LogP contribution < -0.4 is 4.74 Å². The van der Waals surface area contributed by atoms with Gasteiger partial charge in [0, 0.05) is 24.9 Å². The highest BCUT2D eigenvalue weighted by Gasteiger charge is 2.27. The molecule has 0 aliphatic carbocycles. The lowest BCUT2D eigenvalue weighted by atomic mass is 10.4. The molecule has 0 unspecified atom stereocenters. The minimum absolute atomic E-state index is 0.101. The summed E-state index contributed by atoms with van der Waals surface area (Å²) in [6.45, 7) is 2.43. The predicted molar refractivity (Wildman–Crippen MR) is 66.5 cm³/mol. The van der Waals surface area contributed by atoms with Gasteiger partial charge in [0.05, 0.1) is 7.11 Å². The number of terminal acetylenes is 1. The second-order valence-electron chi connectivity index (χ2n) is 3.14. The molecule has 0 fully saturated rings. The minimum Gasteiger partial charge on any atom is -0.479 e. The SMILES string of the molecule is C#CCCN(CC)S(=O)(=O)c1csnc1OC. The fourth-order valence-electron chi connectivity index (χ4n) is 1.30. The maximum Gasteiger partial charge on any atom is 0.249 e. The quantitative estimate of drug-likeness (QED) is 0.731. The molecule has 1 rings (SSSR count). The molecule has 0 saturated carbocycles. The Morgan fingerprint density at radius 2 is 2.35 bits per heavy atom. The van der Waals surface area contributed by atoms with Gasteiger partial charge in [0.2, 0.25) is 15.9 Å². The van der Waals surface area contributed by atoms with Crippen molar-refractivity contribution in [2.24, 2.45) is 0 Å². The Balaban J connectivity index is 3.05. The summed E-state index contributed by atoms with van der Waals surface area (Å²) in [5.74, 6) is 2.56. The minimum atomic E-state index is -3.56. The van der Waals surface area contributed by atoms with Crippen molar-refractivity contribution in [3.63, 3.8) is 0 Å². The van der Waals surface area contributed by atoms with Gasteiger partial charge in [-0.15, -0.1) is 12.3 Å². The monoisotopic (exact) mass is 274 g/mol. The molecule has 7 heteroatoms. The number of sulfonamides is 1. The van der Waals surface area contributed by atoms with Crippen LogP contribution in [0.15, 0.2) is 10.3 Å². The van der Waals surface area contributed by atoms with E-state index in [1.807, 2.05) is 0 Å². The van der Waals surface area contributed by atoms with E-state index in [1.54, 1.807) is 6.92 Å². The van der Waals surface area contributed by atoms with Crippen molar-refractivity contribution < 1.29 is 13.2 Å². The fraction of sp³-hybridized carbons (Fsp3) is 0.500. The molecule has 5 nitrogen and oxygen atoms in total. The molecule has 0 spiro atoms. The summed E-state index contributed by atoms with van der Waals surface area (Å²) in [7, 11) is -2.17. The Hall–Kier alpha value is -1.10. The van der Waals surface area contributed by atoms with Crippen LogP contribution in [-0.4, -0.2) is 37.3 Å². The third kappa shape index (κ3) is 2.97. The molecule has 1 aromatic rings. The van der Waals surface area contributed by atoms with E-state index >= 15 is 0 Å².